The molecule has 0 atom stereocenters. The second-order valence-electron chi connectivity index (χ2n) is 7.07. The number of rotatable bonds is 4. The summed E-state index contributed by atoms with van der Waals surface area (Å²) in [4.78, 5) is 23.0. The van der Waals surface area contributed by atoms with E-state index in [1.165, 1.54) is 30.5 Å². The number of aliphatic hydroxyl groups is 1. The molecule has 6 nitrogen and oxygen atoms in total. The molecule has 2 N–H and O–H groups in total. The third kappa shape index (κ3) is 4.13. The Morgan fingerprint density at radius 2 is 1.83 bits per heavy atom. The number of carbonyl (C=O) groups excluding carboxylic acids is 1. The minimum absolute atomic E-state index is 0.0152. The van der Waals surface area contributed by atoms with Gasteiger partial charge in [-0.2, -0.15) is 0 Å². The van der Waals surface area contributed by atoms with Crippen LogP contribution >= 0.6 is 0 Å². The van der Waals surface area contributed by atoms with Gasteiger partial charge in [-0.25, -0.2) is 13.8 Å². The first-order valence-electron chi connectivity index (χ1n) is 9.63. The fourth-order valence-corrected chi connectivity index (χ4v) is 3.46. The molecule has 1 aliphatic heterocycles. The lowest BCUT2D eigenvalue weighted by atomic mass is 10.1. The fraction of sp³-hybridized carbons (Fsp3) is 0.227. The minimum Gasteiger partial charge on any atom is -0.393 e. The van der Waals surface area contributed by atoms with Gasteiger partial charge in [0.25, 0.3) is 5.91 Å². The Morgan fingerprint density at radius 1 is 1.07 bits per heavy atom. The topological polar surface area (TPSA) is 78.4 Å². The highest BCUT2D eigenvalue weighted by molar-refractivity contribution is 6.04. The summed E-state index contributed by atoms with van der Waals surface area (Å²) in [6.45, 7) is 1.31. The number of nitrogens with one attached hydrogen (secondary N) is 1. The molecule has 0 aliphatic carbocycles. The second kappa shape index (κ2) is 8.54. The van der Waals surface area contributed by atoms with E-state index in [0.717, 1.165) is 11.8 Å². The average Bonchev–Trinajstić information content (AvgIpc) is 2.76. The Balaban J connectivity index is 1.60. The van der Waals surface area contributed by atoms with Crippen molar-refractivity contribution < 1.29 is 18.7 Å². The summed E-state index contributed by atoms with van der Waals surface area (Å²) in [6.07, 6.45) is 4.12. The van der Waals surface area contributed by atoms with Crippen LogP contribution < -0.4 is 10.2 Å². The number of pyridine rings is 2. The molecule has 3 heterocycles. The SMILES string of the molecule is O=C(Nc1cnccc1N1CCC(O)CC1)c1ccc(F)c(-c2ccccc2F)n1. The molecule has 154 valence electrons. The van der Waals surface area contributed by atoms with Gasteiger partial charge in [-0.3, -0.25) is 9.78 Å². The van der Waals surface area contributed by atoms with E-state index < -0.39 is 17.5 Å². The zero-order valence-corrected chi connectivity index (χ0v) is 16.1. The van der Waals surface area contributed by atoms with Gasteiger partial charge in [0.2, 0.25) is 0 Å². The Morgan fingerprint density at radius 3 is 2.60 bits per heavy atom. The smallest absolute Gasteiger partial charge is 0.274 e. The molecule has 1 aromatic carbocycles. The first-order valence-corrected chi connectivity index (χ1v) is 9.63. The van der Waals surface area contributed by atoms with Gasteiger partial charge in [-0.05, 0) is 43.2 Å². The lowest BCUT2D eigenvalue weighted by Gasteiger charge is -2.32. The monoisotopic (exact) mass is 410 g/mol. The summed E-state index contributed by atoms with van der Waals surface area (Å²) in [5, 5.41) is 12.5. The normalized spacial score (nSPS) is 14.6. The Hall–Kier alpha value is -3.39. The number of halogens is 2. The van der Waals surface area contributed by atoms with E-state index >= 15 is 0 Å². The van der Waals surface area contributed by atoms with Gasteiger partial charge in [-0.1, -0.05) is 12.1 Å². The highest BCUT2D eigenvalue weighted by Crippen LogP contribution is 2.28. The van der Waals surface area contributed by atoms with Crippen LogP contribution in [0.5, 0.6) is 0 Å². The van der Waals surface area contributed by atoms with Crippen molar-refractivity contribution in [3.8, 4) is 11.3 Å². The first kappa shape index (κ1) is 19.9. The van der Waals surface area contributed by atoms with E-state index in [2.05, 4.69) is 20.2 Å². The lowest BCUT2D eigenvalue weighted by molar-refractivity contribution is 0.102. The highest BCUT2D eigenvalue weighted by atomic mass is 19.1. The second-order valence-corrected chi connectivity index (χ2v) is 7.07. The third-order valence-electron chi connectivity index (χ3n) is 5.06. The summed E-state index contributed by atoms with van der Waals surface area (Å²) < 4.78 is 28.3. The third-order valence-corrected chi connectivity index (χ3v) is 5.06. The largest absolute Gasteiger partial charge is 0.393 e. The van der Waals surface area contributed by atoms with Gasteiger partial charge in [0.1, 0.15) is 23.0 Å². The average molecular weight is 410 g/mol. The quantitative estimate of drug-likeness (QED) is 0.687. The van der Waals surface area contributed by atoms with Crippen LogP contribution in [0.25, 0.3) is 11.3 Å². The van der Waals surface area contributed by atoms with E-state index in [1.54, 1.807) is 18.3 Å². The molecule has 2 aromatic heterocycles. The number of aliphatic hydroxyl groups excluding tert-OH is 1. The van der Waals surface area contributed by atoms with E-state index in [-0.39, 0.29) is 23.1 Å². The molecule has 3 aromatic rings. The van der Waals surface area contributed by atoms with Crippen molar-refractivity contribution in [1.82, 2.24) is 9.97 Å². The van der Waals surface area contributed by atoms with Crippen molar-refractivity contribution in [1.29, 1.82) is 0 Å². The maximum absolute atomic E-state index is 14.3. The van der Waals surface area contributed by atoms with Crippen LogP contribution in [-0.4, -0.2) is 40.2 Å². The molecule has 1 amide bonds. The molecule has 30 heavy (non-hydrogen) atoms. The molecule has 0 unspecified atom stereocenters. The number of anilines is 2. The van der Waals surface area contributed by atoms with Crippen LogP contribution in [0.1, 0.15) is 23.3 Å². The summed E-state index contributed by atoms with van der Waals surface area (Å²) in [5.74, 6) is -1.90. The molecule has 0 spiro atoms. The predicted octanol–water partition coefficient (Wildman–Crippen LogP) is 3.64. The summed E-state index contributed by atoms with van der Waals surface area (Å²) in [6, 6.07) is 9.83. The summed E-state index contributed by atoms with van der Waals surface area (Å²) in [7, 11) is 0. The van der Waals surface area contributed by atoms with Gasteiger partial charge in [0.15, 0.2) is 0 Å². The number of aromatic nitrogens is 2. The molecule has 0 radical (unpaired) electrons. The van der Waals surface area contributed by atoms with Gasteiger partial charge >= 0.3 is 0 Å². The number of hydrogen-bond acceptors (Lipinski definition) is 5. The molecule has 0 saturated carbocycles. The maximum Gasteiger partial charge on any atom is 0.274 e. The molecule has 1 aliphatic rings. The number of carbonyl (C=O) groups is 1. The van der Waals surface area contributed by atoms with Crippen LogP contribution in [-0.2, 0) is 0 Å². The molecule has 1 fully saturated rings. The highest BCUT2D eigenvalue weighted by Gasteiger charge is 2.21. The molecular weight excluding hydrogens is 390 g/mol. The Bertz CT molecular complexity index is 1070. The van der Waals surface area contributed by atoms with Gasteiger partial charge < -0.3 is 15.3 Å². The van der Waals surface area contributed by atoms with E-state index in [1.807, 2.05) is 0 Å². The minimum atomic E-state index is -0.717. The van der Waals surface area contributed by atoms with E-state index in [4.69, 9.17) is 0 Å². The van der Waals surface area contributed by atoms with Crippen LogP contribution in [0.3, 0.4) is 0 Å². The van der Waals surface area contributed by atoms with E-state index in [9.17, 15) is 18.7 Å². The molecule has 4 rings (SSSR count). The number of benzene rings is 1. The van der Waals surface area contributed by atoms with Crippen molar-refractivity contribution in [2.24, 2.45) is 0 Å². The molecular formula is C22H20F2N4O2. The van der Waals surface area contributed by atoms with Crippen LogP contribution in [0, 0.1) is 11.6 Å². The fourth-order valence-electron chi connectivity index (χ4n) is 3.46. The first-order chi connectivity index (χ1) is 14.5. The lowest BCUT2D eigenvalue weighted by Crippen LogP contribution is -2.36. The van der Waals surface area contributed by atoms with Crippen molar-refractivity contribution in [3.63, 3.8) is 0 Å². The van der Waals surface area contributed by atoms with Crippen LogP contribution in [0.4, 0.5) is 20.2 Å². The molecule has 0 bridgehead atoms. The summed E-state index contributed by atoms with van der Waals surface area (Å²) >= 11 is 0. The van der Waals surface area contributed by atoms with Crippen molar-refractivity contribution >= 4 is 17.3 Å². The number of hydrogen-bond donors (Lipinski definition) is 2. The van der Waals surface area contributed by atoms with Gasteiger partial charge in [-0.15, -0.1) is 0 Å². The Labute approximate surface area is 172 Å². The number of nitrogens with zero attached hydrogens (tertiary/aromatic N) is 3. The van der Waals surface area contributed by atoms with Gasteiger partial charge in [0, 0.05) is 24.8 Å². The Kier molecular flexibility index (Phi) is 5.67. The van der Waals surface area contributed by atoms with Crippen LogP contribution in [0.2, 0.25) is 0 Å². The summed E-state index contributed by atoms with van der Waals surface area (Å²) in [5.41, 5.74) is 0.980. The zero-order valence-electron chi connectivity index (χ0n) is 16.1. The van der Waals surface area contributed by atoms with Gasteiger partial charge in [0.05, 0.1) is 23.7 Å². The van der Waals surface area contributed by atoms with E-state index in [0.29, 0.717) is 31.6 Å². The standard InChI is InChI=1S/C22H20F2N4O2/c23-16-4-2-1-3-15(16)21-17(24)5-6-18(26-21)22(30)27-19-13-25-10-7-20(19)28-11-8-14(29)9-12-28/h1-7,10,13-14,29H,8-9,11-12H2,(H,27,30). The zero-order chi connectivity index (χ0) is 21.1. The molecule has 8 heteroatoms. The van der Waals surface area contributed by atoms with Crippen molar-refractivity contribution in [2.75, 3.05) is 23.3 Å². The van der Waals surface area contributed by atoms with Crippen molar-refractivity contribution in [3.05, 3.63) is 72.2 Å². The predicted molar refractivity (Wildman–Crippen MR) is 109 cm³/mol. The maximum atomic E-state index is 14.3. The van der Waals surface area contributed by atoms with Crippen LogP contribution in [0.15, 0.2) is 54.9 Å². The number of amides is 1. The molecule has 1 saturated heterocycles. The number of piperidine rings is 1. The van der Waals surface area contributed by atoms with Crippen molar-refractivity contribution in [2.45, 2.75) is 18.9 Å².